The predicted molar refractivity (Wildman–Crippen MR) is 108 cm³/mol. The lowest BCUT2D eigenvalue weighted by atomic mass is 9.81. The van der Waals surface area contributed by atoms with Crippen LogP contribution in [-0.4, -0.2) is 29.6 Å². The lowest BCUT2D eigenvalue weighted by Gasteiger charge is -2.44. The molecule has 5 heteroatoms. The molecular weight excluding hydrogens is 350 g/mol. The van der Waals surface area contributed by atoms with Crippen LogP contribution in [0.15, 0.2) is 60.8 Å². The molecule has 3 aromatic rings. The standard InChI is InChI=1S/C23H23N3O2/c27-22(17-6-3-8-19-16(17)7-4-12-25-19)26-20-15-23(10-13-24-14-11-23)28-21-9-2-1-5-18(20)21/h1-9,12,20,24H,10-11,13-15H2,(H,26,27). The Morgan fingerprint density at radius 3 is 2.82 bits per heavy atom. The van der Waals surface area contributed by atoms with Crippen LogP contribution in [0.4, 0.5) is 0 Å². The quantitative estimate of drug-likeness (QED) is 0.720. The molecule has 0 aliphatic carbocycles. The van der Waals surface area contributed by atoms with Crippen molar-refractivity contribution in [1.82, 2.24) is 15.6 Å². The zero-order valence-electron chi connectivity index (χ0n) is 15.7. The smallest absolute Gasteiger partial charge is 0.252 e. The van der Waals surface area contributed by atoms with Crippen molar-refractivity contribution in [3.8, 4) is 5.75 Å². The molecule has 1 amide bonds. The molecule has 1 atom stereocenters. The minimum absolute atomic E-state index is 0.0654. The van der Waals surface area contributed by atoms with Crippen molar-refractivity contribution in [2.75, 3.05) is 13.1 Å². The van der Waals surface area contributed by atoms with E-state index in [1.54, 1.807) is 6.20 Å². The summed E-state index contributed by atoms with van der Waals surface area (Å²) < 4.78 is 6.45. The topological polar surface area (TPSA) is 63.2 Å². The molecule has 0 radical (unpaired) electrons. The summed E-state index contributed by atoms with van der Waals surface area (Å²) in [6, 6.07) is 17.5. The van der Waals surface area contributed by atoms with Crippen molar-refractivity contribution in [2.24, 2.45) is 0 Å². The Balaban J connectivity index is 1.48. The molecule has 2 aliphatic heterocycles. The second-order valence-electron chi connectivity index (χ2n) is 7.68. The monoisotopic (exact) mass is 373 g/mol. The summed E-state index contributed by atoms with van der Waals surface area (Å²) in [7, 11) is 0. The van der Waals surface area contributed by atoms with Crippen molar-refractivity contribution in [3.63, 3.8) is 0 Å². The summed E-state index contributed by atoms with van der Waals surface area (Å²) in [6.07, 6.45) is 4.44. The fourth-order valence-electron chi connectivity index (χ4n) is 4.47. The van der Waals surface area contributed by atoms with E-state index in [1.165, 1.54) is 0 Å². The third-order valence-corrected chi connectivity index (χ3v) is 5.91. The molecule has 5 rings (SSSR count). The fraction of sp³-hybridized carbons (Fsp3) is 0.304. The van der Waals surface area contributed by atoms with Crippen LogP contribution in [0.1, 0.15) is 41.2 Å². The minimum Gasteiger partial charge on any atom is -0.487 e. The molecule has 0 saturated carbocycles. The summed E-state index contributed by atoms with van der Waals surface area (Å²) >= 11 is 0. The third kappa shape index (κ3) is 3.02. The van der Waals surface area contributed by atoms with Gasteiger partial charge in [0.2, 0.25) is 0 Å². The zero-order chi connectivity index (χ0) is 19.0. The first-order valence-electron chi connectivity index (χ1n) is 9.87. The van der Waals surface area contributed by atoms with E-state index in [1.807, 2.05) is 48.5 Å². The van der Waals surface area contributed by atoms with Crippen LogP contribution < -0.4 is 15.4 Å². The molecule has 2 aliphatic rings. The number of ether oxygens (including phenoxy) is 1. The third-order valence-electron chi connectivity index (χ3n) is 5.91. The van der Waals surface area contributed by atoms with Crippen molar-refractivity contribution in [3.05, 3.63) is 71.9 Å². The van der Waals surface area contributed by atoms with Gasteiger partial charge in [0.15, 0.2) is 0 Å². The average molecular weight is 373 g/mol. The molecule has 5 nitrogen and oxygen atoms in total. The number of pyridine rings is 1. The van der Waals surface area contributed by atoms with E-state index in [4.69, 9.17) is 4.74 Å². The van der Waals surface area contributed by atoms with Crippen LogP contribution in [0.5, 0.6) is 5.75 Å². The van der Waals surface area contributed by atoms with Crippen LogP contribution in [-0.2, 0) is 0 Å². The molecule has 142 valence electrons. The number of benzene rings is 2. The van der Waals surface area contributed by atoms with Crippen LogP contribution in [0.25, 0.3) is 10.9 Å². The van der Waals surface area contributed by atoms with Gasteiger partial charge in [0.05, 0.1) is 11.6 Å². The second kappa shape index (κ2) is 6.91. The fourth-order valence-corrected chi connectivity index (χ4v) is 4.47. The van der Waals surface area contributed by atoms with Gasteiger partial charge in [-0.3, -0.25) is 9.78 Å². The normalized spacial score (nSPS) is 20.4. The first-order valence-corrected chi connectivity index (χ1v) is 9.87. The van der Waals surface area contributed by atoms with Crippen molar-refractivity contribution in [2.45, 2.75) is 30.9 Å². The van der Waals surface area contributed by atoms with E-state index >= 15 is 0 Å². The number of hydrogen-bond acceptors (Lipinski definition) is 4. The van der Waals surface area contributed by atoms with Gasteiger partial charge in [-0.2, -0.15) is 0 Å². The number of hydrogen-bond donors (Lipinski definition) is 2. The Hall–Kier alpha value is -2.92. The SMILES string of the molecule is O=C(NC1CC2(CCNCC2)Oc2ccccc21)c1cccc2ncccc12. The van der Waals surface area contributed by atoms with E-state index in [0.717, 1.165) is 54.6 Å². The van der Waals surface area contributed by atoms with E-state index in [0.29, 0.717) is 5.56 Å². The van der Waals surface area contributed by atoms with Gasteiger partial charge in [0.25, 0.3) is 5.91 Å². The second-order valence-corrected chi connectivity index (χ2v) is 7.68. The molecular formula is C23H23N3O2. The molecule has 0 bridgehead atoms. The molecule has 2 aromatic carbocycles. The highest BCUT2D eigenvalue weighted by Gasteiger charge is 2.42. The van der Waals surface area contributed by atoms with Crippen LogP contribution in [0, 0.1) is 0 Å². The Kier molecular flexibility index (Phi) is 4.24. The lowest BCUT2D eigenvalue weighted by molar-refractivity contribution is 0.00366. The highest BCUT2D eigenvalue weighted by atomic mass is 16.5. The molecule has 1 saturated heterocycles. The molecule has 1 spiro atoms. The summed E-state index contributed by atoms with van der Waals surface area (Å²) in [5, 5.41) is 7.57. The van der Waals surface area contributed by atoms with Gasteiger partial charge in [-0.1, -0.05) is 30.3 Å². The lowest BCUT2D eigenvalue weighted by Crippen LogP contribution is -2.51. The Morgan fingerprint density at radius 2 is 1.93 bits per heavy atom. The molecule has 1 fully saturated rings. The summed E-state index contributed by atoms with van der Waals surface area (Å²) in [4.78, 5) is 17.6. The number of aromatic nitrogens is 1. The molecule has 28 heavy (non-hydrogen) atoms. The molecule has 1 unspecified atom stereocenters. The molecule has 3 heterocycles. The maximum absolute atomic E-state index is 13.2. The van der Waals surface area contributed by atoms with Crippen LogP contribution >= 0.6 is 0 Å². The van der Waals surface area contributed by atoms with Crippen molar-refractivity contribution >= 4 is 16.8 Å². The Morgan fingerprint density at radius 1 is 1.07 bits per heavy atom. The highest BCUT2D eigenvalue weighted by molar-refractivity contribution is 6.06. The van der Waals surface area contributed by atoms with Crippen molar-refractivity contribution < 1.29 is 9.53 Å². The number of carbonyl (C=O) groups excluding carboxylic acids is 1. The van der Waals surface area contributed by atoms with Gasteiger partial charge in [0.1, 0.15) is 11.4 Å². The number of para-hydroxylation sites is 1. The van der Waals surface area contributed by atoms with E-state index < -0.39 is 0 Å². The van der Waals surface area contributed by atoms with E-state index in [2.05, 4.69) is 21.7 Å². The number of fused-ring (bicyclic) bond motifs is 2. The van der Waals surface area contributed by atoms with Gasteiger partial charge in [-0.25, -0.2) is 0 Å². The number of amides is 1. The van der Waals surface area contributed by atoms with Gasteiger partial charge in [0, 0.05) is 29.1 Å². The number of carbonyl (C=O) groups is 1. The number of nitrogens with zero attached hydrogens (tertiary/aromatic N) is 1. The zero-order valence-corrected chi connectivity index (χ0v) is 15.7. The van der Waals surface area contributed by atoms with E-state index in [9.17, 15) is 4.79 Å². The van der Waals surface area contributed by atoms with Gasteiger partial charge in [-0.05, 0) is 50.2 Å². The van der Waals surface area contributed by atoms with Gasteiger partial charge < -0.3 is 15.4 Å². The summed E-state index contributed by atoms with van der Waals surface area (Å²) in [6.45, 7) is 1.88. The first-order chi connectivity index (χ1) is 13.7. The summed E-state index contributed by atoms with van der Waals surface area (Å²) in [5.74, 6) is 0.824. The van der Waals surface area contributed by atoms with Gasteiger partial charge in [-0.15, -0.1) is 0 Å². The number of rotatable bonds is 2. The first kappa shape index (κ1) is 17.2. The van der Waals surface area contributed by atoms with Gasteiger partial charge >= 0.3 is 0 Å². The maximum Gasteiger partial charge on any atom is 0.252 e. The van der Waals surface area contributed by atoms with E-state index in [-0.39, 0.29) is 17.6 Å². The predicted octanol–water partition coefficient (Wildman–Crippen LogP) is 3.61. The average Bonchev–Trinajstić information content (AvgIpc) is 2.74. The Labute approximate surface area is 164 Å². The van der Waals surface area contributed by atoms with Crippen LogP contribution in [0.2, 0.25) is 0 Å². The van der Waals surface area contributed by atoms with Crippen LogP contribution in [0.3, 0.4) is 0 Å². The molecule has 1 aromatic heterocycles. The summed E-state index contributed by atoms with van der Waals surface area (Å²) in [5.41, 5.74) is 2.34. The molecule has 2 N–H and O–H groups in total. The largest absolute Gasteiger partial charge is 0.487 e. The highest BCUT2D eigenvalue weighted by Crippen LogP contribution is 2.43. The number of piperidine rings is 1. The number of nitrogens with one attached hydrogen (secondary N) is 2. The maximum atomic E-state index is 13.2. The Bertz CT molecular complexity index is 1020. The minimum atomic E-state index is -0.210. The van der Waals surface area contributed by atoms with Crippen molar-refractivity contribution in [1.29, 1.82) is 0 Å².